The van der Waals surface area contributed by atoms with E-state index in [1.165, 1.54) is 19.3 Å². The van der Waals surface area contributed by atoms with Crippen LogP contribution in [0.4, 0.5) is 13.2 Å². The van der Waals surface area contributed by atoms with E-state index >= 15 is 0 Å². The second-order valence-corrected chi connectivity index (χ2v) is 10.8. The van der Waals surface area contributed by atoms with E-state index < -0.39 is 11.7 Å². The molecule has 2 aliphatic rings. The number of hydrogen-bond acceptors (Lipinski definition) is 5. The topological polar surface area (TPSA) is 109 Å². The number of nitrogens with one attached hydrogen (secondary N) is 3. The highest BCUT2D eigenvalue weighted by atomic mass is 19.4. The van der Waals surface area contributed by atoms with Gasteiger partial charge >= 0.3 is 6.18 Å². The average Bonchev–Trinajstić information content (AvgIpc) is 3.63. The number of amides is 2. The van der Waals surface area contributed by atoms with Crippen molar-refractivity contribution in [1.29, 1.82) is 0 Å². The van der Waals surface area contributed by atoms with E-state index in [-0.39, 0.29) is 41.1 Å². The third-order valence-electron chi connectivity index (χ3n) is 7.63. The van der Waals surface area contributed by atoms with Crippen molar-refractivity contribution >= 4 is 22.8 Å². The smallest absolute Gasteiger partial charge is 0.416 e. The molecule has 0 spiro atoms. The Balaban J connectivity index is 1.46. The van der Waals surface area contributed by atoms with E-state index in [0.29, 0.717) is 47.0 Å². The summed E-state index contributed by atoms with van der Waals surface area (Å²) in [5.41, 5.74) is 1.19. The van der Waals surface area contributed by atoms with Gasteiger partial charge in [0.25, 0.3) is 5.91 Å². The summed E-state index contributed by atoms with van der Waals surface area (Å²) in [6.07, 6.45) is 1.02. The minimum Gasteiger partial charge on any atom is -0.493 e. The molecule has 0 saturated heterocycles. The second-order valence-electron chi connectivity index (χ2n) is 10.8. The van der Waals surface area contributed by atoms with Crippen molar-refractivity contribution in [2.24, 2.45) is 11.8 Å². The van der Waals surface area contributed by atoms with Crippen LogP contribution < -0.4 is 15.4 Å². The molecule has 2 aliphatic carbocycles. The second kappa shape index (κ2) is 10.5. The normalized spacial score (nSPS) is 21.5. The van der Waals surface area contributed by atoms with Crippen LogP contribution in [0.2, 0.25) is 0 Å². The summed E-state index contributed by atoms with van der Waals surface area (Å²) < 4.78 is 46.8. The molecular weight excluding hydrogens is 511 g/mol. The maximum atomic E-state index is 13.6. The van der Waals surface area contributed by atoms with E-state index in [9.17, 15) is 22.8 Å². The molecule has 1 aromatic carbocycles. The maximum absolute atomic E-state index is 13.6. The van der Waals surface area contributed by atoms with Crippen LogP contribution in [0.5, 0.6) is 5.75 Å². The Kier molecular flexibility index (Phi) is 7.26. The van der Waals surface area contributed by atoms with Crippen molar-refractivity contribution in [3.63, 3.8) is 0 Å². The number of nitrogens with zero attached hydrogens (tertiary/aromatic N) is 2. The van der Waals surface area contributed by atoms with Gasteiger partial charge < -0.3 is 20.4 Å². The first kappa shape index (κ1) is 27.0. The third-order valence-corrected chi connectivity index (χ3v) is 7.63. The fraction of sp³-hybridized carbons (Fsp3) is 0.500. The number of halogens is 3. The molecule has 2 heterocycles. The van der Waals surface area contributed by atoms with Crippen molar-refractivity contribution in [2.75, 3.05) is 6.61 Å². The van der Waals surface area contributed by atoms with Crippen molar-refractivity contribution < 1.29 is 27.5 Å². The standard InChI is InChI=1S/C28H32F3N5O3/c1-14-10-19(35-16(3)37)7-8-21(14)36-27(38)23-15(2)34-26-24(32-13-33-25(23)26)20-11-18(28(29,30)31)6-9-22(20)39-12-17-4-5-17/h6,9,11,13-14,17,19,21,34H,4-5,7-8,10,12H2,1-3H3,(H,35,37)(H,36,38)/t14-,19+,21+/m1/s1. The molecular formula is C28H32F3N5O3. The van der Waals surface area contributed by atoms with Gasteiger partial charge in [-0.2, -0.15) is 13.2 Å². The van der Waals surface area contributed by atoms with Crippen molar-refractivity contribution in [3.05, 3.63) is 41.3 Å². The number of rotatable bonds is 7. The minimum atomic E-state index is -4.54. The highest BCUT2D eigenvalue weighted by Crippen LogP contribution is 2.40. The van der Waals surface area contributed by atoms with Crippen LogP contribution >= 0.6 is 0 Å². The fourth-order valence-electron chi connectivity index (χ4n) is 5.38. The zero-order chi connectivity index (χ0) is 27.9. The quantitative estimate of drug-likeness (QED) is 0.381. The zero-order valence-corrected chi connectivity index (χ0v) is 22.1. The molecule has 0 bridgehead atoms. The van der Waals surface area contributed by atoms with Gasteiger partial charge in [0.15, 0.2) is 0 Å². The molecule has 39 heavy (non-hydrogen) atoms. The van der Waals surface area contributed by atoms with Gasteiger partial charge in [0.2, 0.25) is 5.91 Å². The van der Waals surface area contributed by atoms with Crippen LogP contribution in [-0.2, 0) is 11.0 Å². The molecule has 2 saturated carbocycles. The van der Waals surface area contributed by atoms with E-state index in [1.807, 2.05) is 6.92 Å². The summed E-state index contributed by atoms with van der Waals surface area (Å²) >= 11 is 0. The highest BCUT2D eigenvalue weighted by Gasteiger charge is 2.33. The van der Waals surface area contributed by atoms with Crippen LogP contribution in [0, 0.1) is 18.8 Å². The van der Waals surface area contributed by atoms with Gasteiger partial charge in [0.05, 0.1) is 23.3 Å². The summed E-state index contributed by atoms with van der Waals surface area (Å²) in [7, 11) is 0. The van der Waals surface area contributed by atoms with Crippen LogP contribution in [-0.4, -0.2) is 45.5 Å². The predicted molar refractivity (Wildman–Crippen MR) is 139 cm³/mol. The monoisotopic (exact) mass is 543 g/mol. The van der Waals surface area contributed by atoms with Gasteiger partial charge in [-0.1, -0.05) is 6.92 Å². The molecule has 2 aromatic heterocycles. The lowest BCUT2D eigenvalue weighted by Crippen LogP contribution is -2.47. The number of benzene rings is 1. The van der Waals surface area contributed by atoms with Crippen molar-refractivity contribution in [1.82, 2.24) is 25.6 Å². The Morgan fingerprint density at radius 1 is 1.13 bits per heavy atom. The largest absolute Gasteiger partial charge is 0.493 e. The number of hydrogen-bond donors (Lipinski definition) is 3. The van der Waals surface area contributed by atoms with E-state index in [0.717, 1.165) is 37.8 Å². The number of aryl methyl sites for hydroxylation is 1. The van der Waals surface area contributed by atoms with Gasteiger partial charge in [-0.15, -0.1) is 0 Å². The summed E-state index contributed by atoms with van der Waals surface area (Å²) in [6.45, 7) is 5.69. The number of carbonyl (C=O) groups excluding carboxylic acids is 2. The van der Waals surface area contributed by atoms with Gasteiger partial charge in [-0.3, -0.25) is 9.59 Å². The average molecular weight is 544 g/mol. The lowest BCUT2D eigenvalue weighted by Gasteiger charge is -2.34. The number of aromatic amines is 1. The maximum Gasteiger partial charge on any atom is 0.416 e. The Morgan fingerprint density at radius 2 is 1.90 bits per heavy atom. The fourth-order valence-corrected chi connectivity index (χ4v) is 5.38. The zero-order valence-electron chi connectivity index (χ0n) is 22.1. The van der Waals surface area contributed by atoms with Gasteiger partial charge in [0, 0.05) is 30.3 Å². The molecule has 208 valence electrons. The van der Waals surface area contributed by atoms with E-state index in [4.69, 9.17) is 4.74 Å². The molecule has 11 heteroatoms. The number of aromatic nitrogens is 3. The third kappa shape index (κ3) is 5.86. The van der Waals surface area contributed by atoms with Gasteiger partial charge in [-0.25, -0.2) is 9.97 Å². The summed E-state index contributed by atoms with van der Waals surface area (Å²) in [4.78, 5) is 36.7. The van der Waals surface area contributed by atoms with Crippen LogP contribution in [0.1, 0.15) is 67.6 Å². The molecule has 0 aliphatic heterocycles. The minimum absolute atomic E-state index is 0.0681. The summed E-state index contributed by atoms with van der Waals surface area (Å²) in [5.74, 6) is 0.475. The Morgan fingerprint density at radius 3 is 2.56 bits per heavy atom. The molecule has 0 unspecified atom stereocenters. The number of H-pyrrole nitrogens is 1. The lowest BCUT2D eigenvalue weighted by molar-refractivity contribution is -0.137. The van der Waals surface area contributed by atoms with Gasteiger partial charge in [0.1, 0.15) is 23.3 Å². The van der Waals surface area contributed by atoms with Crippen molar-refractivity contribution in [3.8, 4) is 17.0 Å². The molecule has 0 radical (unpaired) electrons. The number of alkyl halides is 3. The summed E-state index contributed by atoms with van der Waals surface area (Å²) in [6, 6.07) is 3.37. The Hall–Kier alpha value is -3.63. The van der Waals surface area contributed by atoms with Crippen molar-refractivity contribution in [2.45, 2.75) is 71.1 Å². The van der Waals surface area contributed by atoms with Gasteiger partial charge in [-0.05, 0) is 69.1 Å². The molecule has 3 N–H and O–H groups in total. The first-order valence-corrected chi connectivity index (χ1v) is 13.3. The van der Waals surface area contributed by atoms with E-state index in [1.54, 1.807) is 6.92 Å². The molecule has 2 fully saturated rings. The number of fused-ring (bicyclic) bond motifs is 1. The first-order chi connectivity index (χ1) is 18.5. The molecule has 2 amide bonds. The highest BCUT2D eigenvalue weighted by molar-refractivity contribution is 6.09. The SMILES string of the molecule is CC(=O)N[C@H]1CC[C@H](NC(=O)c2c(C)[nH]c3c(-c4cc(C(F)(F)F)ccc4OCC4CC4)ncnc23)[C@H](C)C1. The molecule has 3 atom stereocenters. The van der Waals surface area contributed by atoms with E-state index in [2.05, 4.69) is 25.6 Å². The van der Waals surface area contributed by atoms with Crippen LogP contribution in [0.15, 0.2) is 24.5 Å². The lowest BCUT2D eigenvalue weighted by atomic mass is 9.82. The molecule has 5 rings (SSSR count). The van der Waals surface area contributed by atoms with Crippen LogP contribution in [0.25, 0.3) is 22.3 Å². The molecule has 8 nitrogen and oxygen atoms in total. The number of ether oxygens (including phenoxy) is 1. The Labute approximate surface area is 224 Å². The Bertz CT molecular complexity index is 1400. The molecule has 3 aromatic rings. The predicted octanol–water partition coefficient (Wildman–Crippen LogP) is 5.16. The summed E-state index contributed by atoms with van der Waals surface area (Å²) in [5, 5.41) is 6.06. The number of carbonyl (C=O) groups is 2. The van der Waals surface area contributed by atoms with Crippen LogP contribution in [0.3, 0.4) is 0 Å². The first-order valence-electron chi connectivity index (χ1n) is 13.3.